The summed E-state index contributed by atoms with van der Waals surface area (Å²) in [5, 5.41) is 0. The second-order valence-corrected chi connectivity index (χ2v) is 3.45. The van der Waals surface area contributed by atoms with Crippen LogP contribution in [0.1, 0.15) is 22.3 Å². The fourth-order valence-electron chi connectivity index (χ4n) is 1.58. The predicted octanol–water partition coefficient (Wildman–Crippen LogP) is 2.55. The Morgan fingerprint density at radius 3 is 3.00 bits per heavy atom. The summed E-state index contributed by atoms with van der Waals surface area (Å²) in [5.74, 6) is 1.07. The molecule has 0 atom stereocenters. The lowest BCUT2D eigenvalue weighted by atomic mass is 10.1. The van der Waals surface area contributed by atoms with Gasteiger partial charge >= 0.3 is 0 Å². The van der Waals surface area contributed by atoms with Crippen LogP contribution in [0.2, 0.25) is 0 Å². The van der Waals surface area contributed by atoms with Crippen molar-refractivity contribution in [2.45, 2.75) is 12.8 Å². The minimum absolute atomic E-state index is 0.250. The minimum atomic E-state index is 0.250. The molecule has 0 bridgehead atoms. The molecule has 0 saturated heterocycles. The van der Waals surface area contributed by atoms with Gasteiger partial charge in [0.15, 0.2) is 5.78 Å². The van der Waals surface area contributed by atoms with Crippen LogP contribution in [0.15, 0.2) is 18.2 Å². The summed E-state index contributed by atoms with van der Waals surface area (Å²) in [7, 11) is 0. The highest BCUT2D eigenvalue weighted by atomic mass is 79.9. The summed E-state index contributed by atoms with van der Waals surface area (Å²) in [5.41, 5.74) is 2.46. The lowest BCUT2D eigenvalue weighted by molar-refractivity contribution is 0.0994. The summed E-state index contributed by atoms with van der Waals surface area (Å²) >= 11 is 3.19. The summed E-state index contributed by atoms with van der Waals surface area (Å²) in [6.45, 7) is 0. The van der Waals surface area contributed by atoms with Crippen molar-refractivity contribution in [2.24, 2.45) is 0 Å². The molecule has 0 amide bonds. The molecule has 0 heterocycles. The van der Waals surface area contributed by atoms with Crippen molar-refractivity contribution in [1.82, 2.24) is 0 Å². The second kappa shape index (κ2) is 3.50. The van der Waals surface area contributed by atoms with Crippen LogP contribution >= 0.6 is 15.9 Å². The number of rotatable bonds is 2. The Balaban J connectivity index is 2.34. The fraction of sp³-hybridized carbons (Fsp3) is 0.300. The van der Waals surface area contributed by atoms with E-state index >= 15 is 0 Å². The van der Waals surface area contributed by atoms with Gasteiger partial charge in [0.1, 0.15) is 11.3 Å². The van der Waals surface area contributed by atoms with Gasteiger partial charge in [-0.05, 0) is 46.1 Å². The third-order valence-corrected chi connectivity index (χ3v) is 2.45. The quantitative estimate of drug-likeness (QED) is 0.743. The monoisotopic (exact) mass is 240 g/mol. The van der Waals surface area contributed by atoms with E-state index in [9.17, 15) is 4.79 Å². The molecule has 1 aromatic rings. The number of ether oxygens (including phenoxy) is 1. The van der Waals surface area contributed by atoms with Crippen LogP contribution in [0.3, 0.4) is 0 Å². The van der Waals surface area contributed by atoms with Crippen molar-refractivity contribution in [3.63, 3.8) is 0 Å². The first-order chi connectivity index (χ1) is 6.31. The highest BCUT2D eigenvalue weighted by Gasteiger charge is 2.19. The van der Waals surface area contributed by atoms with Crippen LogP contribution in [0.25, 0.3) is 0 Å². The molecule has 0 aliphatic heterocycles. The minimum Gasteiger partial charge on any atom is -0.482 e. The molecule has 1 aliphatic rings. The van der Waals surface area contributed by atoms with Crippen molar-refractivity contribution in [3.05, 3.63) is 29.3 Å². The van der Waals surface area contributed by atoms with E-state index in [1.54, 1.807) is 0 Å². The number of aryl methyl sites for hydroxylation is 1. The maximum absolute atomic E-state index is 11.3. The van der Waals surface area contributed by atoms with E-state index < -0.39 is 0 Å². The first-order valence-electron chi connectivity index (χ1n) is 4.16. The zero-order valence-corrected chi connectivity index (χ0v) is 8.63. The molecule has 0 radical (unpaired) electrons. The summed E-state index contributed by atoms with van der Waals surface area (Å²) in [6.07, 6.45) is 1.50. The first kappa shape index (κ1) is 8.75. The first-order valence-corrected chi connectivity index (χ1v) is 5.28. The SMILES string of the molecule is O=C1CCc2cc(OCBr)ccc21. The summed E-state index contributed by atoms with van der Waals surface area (Å²) < 4.78 is 5.27. The maximum Gasteiger partial charge on any atom is 0.163 e. The molecule has 0 fully saturated rings. The van der Waals surface area contributed by atoms with E-state index in [2.05, 4.69) is 15.9 Å². The van der Waals surface area contributed by atoms with Gasteiger partial charge in [0, 0.05) is 12.0 Å². The van der Waals surface area contributed by atoms with Gasteiger partial charge in [-0.25, -0.2) is 0 Å². The number of benzene rings is 1. The van der Waals surface area contributed by atoms with E-state index in [1.165, 1.54) is 0 Å². The second-order valence-electron chi connectivity index (χ2n) is 3.00. The van der Waals surface area contributed by atoms with Gasteiger partial charge in [0.25, 0.3) is 0 Å². The number of halogens is 1. The van der Waals surface area contributed by atoms with Crippen molar-refractivity contribution < 1.29 is 9.53 Å². The Morgan fingerprint density at radius 1 is 1.38 bits per heavy atom. The highest BCUT2D eigenvalue weighted by Crippen LogP contribution is 2.26. The molecule has 1 aromatic carbocycles. The topological polar surface area (TPSA) is 26.3 Å². The molecule has 2 nitrogen and oxygen atoms in total. The lowest BCUT2D eigenvalue weighted by Crippen LogP contribution is -1.93. The van der Waals surface area contributed by atoms with Crippen molar-refractivity contribution in [1.29, 1.82) is 0 Å². The molecule has 3 heteroatoms. The van der Waals surface area contributed by atoms with Crippen LogP contribution < -0.4 is 4.74 Å². The molecular formula is C10H9BrO2. The summed E-state index contributed by atoms with van der Waals surface area (Å²) in [4.78, 5) is 11.3. The molecule has 0 saturated carbocycles. The molecule has 0 N–H and O–H groups in total. The van der Waals surface area contributed by atoms with E-state index in [0.29, 0.717) is 11.9 Å². The fourth-order valence-corrected chi connectivity index (χ4v) is 1.85. The number of ketones is 1. The van der Waals surface area contributed by atoms with Crippen LogP contribution in [0.4, 0.5) is 0 Å². The number of carbonyl (C=O) groups excluding carboxylic acids is 1. The number of hydrogen-bond acceptors (Lipinski definition) is 2. The molecular weight excluding hydrogens is 232 g/mol. The number of carbonyl (C=O) groups is 1. The van der Waals surface area contributed by atoms with E-state index in [4.69, 9.17) is 4.74 Å². The molecule has 1 aliphatic carbocycles. The van der Waals surface area contributed by atoms with Gasteiger partial charge in [-0.15, -0.1) is 0 Å². The number of fused-ring (bicyclic) bond motifs is 1. The predicted molar refractivity (Wildman–Crippen MR) is 53.5 cm³/mol. The zero-order valence-electron chi connectivity index (χ0n) is 7.05. The van der Waals surface area contributed by atoms with Gasteiger partial charge in [-0.2, -0.15) is 0 Å². The van der Waals surface area contributed by atoms with E-state index in [0.717, 1.165) is 23.3 Å². The number of hydrogen-bond donors (Lipinski definition) is 0. The van der Waals surface area contributed by atoms with Crippen LogP contribution in [-0.4, -0.2) is 11.3 Å². The lowest BCUT2D eigenvalue weighted by Gasteiger charge is -2.03. The Labute approximate surface area is 85.0 Å². The smallest absolute Gasteiger partial charge is 0.163 e. The molecule has 2 rings (SSSR count). The molecule has 68 valence electrons. The zero-order chi connectivity index (χ0) is 9.26. The summed E-state index contributed by atoms with van der Waals surface area (Å²) in [6, 6.07) is 5.63. The molecule has 13 heavy (non-hydrogen) atoms. The standard InChI is InChI=1S/C10H9BrO2/c11-6-13-8-2-3-9-7(5-8)1-4-10(9)12/h2-3,5H,1,4,6H2. The Morgan fingerprint density at radius 2 is 2.23 bits per heavy atom. The Kier molecular flexibility index (Phi) is 2.36. The third-order valence-electron chi connectivity index (χ3n) is 2.22. The molecule has 0 unspecified atom stereocenters. The van der Waals surface area contributed by atoms with Crippen molar-refractivity contribution in [3.8, 4) is 5.75 Å². The van der Waals surface area contributed by atoms with Gasteiger partial charge in [0.2, 0.25) is 0 Å². The van der Waals surface area contributed by atoms with Gasteiger partial charge in [0.05, 0.1) is 0 Å². The van der Waals surface area contributed by atoms with Crippen LogP contribution in [0, 0.1) is 0 Å². The van der Waals surface area contributed by atoms with Gasteiger partial charge in [-0.3, -0.25) is 4.79 Å². The largest absolute Gasteiger partial charge is 0.482 e. The van der Waals surface area contributed by atoms with Crippen LogP contribution in [0.5, 0.6) is 5.75 Å². The van der Waals surface area contributed by atoms with Crippen molar-refractivity contribution >= 4 is 21.7 Å². The van der Waals surface area contributed by atoms with Crippen LogP contribution in [-0.2, 0) is 6.42 Å². The van der Waals surface area contributed by atoms with Crippen molar-refractivity contribution in [2.75, 3.05) is 5.52 Å². The number of Topliss-reactive ketones (excluding diaryl/α,β-unsaturated/α-hetero) is 1. The molecule has 0 aromatic heterocycles. The van der Waals surface area contributed by atoms with E-state index in [-0.39, 0.29) is 5.78 Å². The number of alkyl halides is 1. The normalized spacial score (nSPS) is 14.4. The maximum atomic E-state index is 11.3. The van der Waals surface area contributed by atoms with Gasteiger partial charge in [-0.1, -0.05) is 0 Å². The average Bonchev–Trinajstić information content (AvgIpc) is 2.48. The average molecular weight is 241 g/mol. The third kappa shape index (κ3) is 1.61. The van der Waals surface area contributed by atoms with Gasteiger partial charge < -0.3 is 4.74 Å². The Hall–Kier alpha value is -0.830. The Bertz CT molecular complexity index is 347. The molecule has 0 spiro atoms. The van der Waals surface area contributed by atoms with E-state index in [1.807, 2.05) is 18.2 Å². The highest BCUT2D eigenvalue weighted by molar-refractivity contribution is 9.09.